The molecule has 0 aliphatic rings. The second-order valence-electron chi connectivity index (χ2n) is 8.31. The zero-order valence-corrected chi connectivity index (χ0v) is 17.8. The molecule has 0 amide bonds. The van der Waals surface area contributed by atoms with Crippen molar-refractivity contribution in [1.82, 2.24) is 0 Å². The Hall–Kier alpha value is -3.55. The number of aryl methyl sites for hydroxylation is 1. The summed E-state index contributed by atoms with van der Waals surface area (Å²) in [5.41, 5.74) is -0.0910. The van der Waals surface area contributed by atoms with E-state index in [1.807, 2.05) is 0 Å². The fourth-order valence-electron chi connectivity index (χ4n) is 4.73. The average molecular weight is 473 g/mol. The molecule has 174 valence electrons. The summed E-state index contributed by atoms with van der Waals surface area (Å²) in [5.74, 6) is -3.90. The summed E-state index contributed by atoms with van der Waals surface area (Å²) in [6.07, 6.45) is -7.56. The maximum absolute atomic E-state index is 14.5. The van der Waals surface area contributed by atoms with Crippen molar-refractivity contribution in [3.05, 3.63) is 119 Å². The number of rotatable bonds is 4. The molecule has 34 heavy (non-hydrogen) atoms. The molecule has 0 aliphatic heterocycles. The van der Waals surface area contributed by atoms with Crippen molar-refractivity contribution < 1.29 is 30.7 Å². The predicted molar refractivity (Wildman–Crippen MR) is 120 cm³/mol. The van der Waals surface area contributed by atoms with E-state index in [0.29, 0.717) is 23.2 Å². The van der Waals surface area contributed by atoms with Crippen molar-refractivity contribution in [1.29, 1.82) is 0 Å². The van der Waals surface area contributed by atoms with Crippen molar-refractivity contribution in [2.24, 2.45) is 0 Å². The first-order valence-electron chi connectivity index (χ1n) is 10.3. The van der Waals surface area contributed by atoms with Gasteiger partial charge in [-0.1, -0.05) is 78.4 Å². The summed E-state index contributed by atoms with van der Waals surface area (Å²) in [6.45, 7) is 1.73. The molecule has 0 nitrogen and oxygen atoms in total. The molecule has 4 aromatic carbocycles. The van der Waals surface area contributed by atoms with E-state index in [1.54, 1.807) is 31.2 Å². The predicted octanol–water partition coefficient (Wildman–Crippen LogP) is 4.95. The van der Waals surface area contributed by atoms with Gasteiger partial charge in [0.2, 0.25) is 0 Å². The van der Waals surface area contributed by atoms with Gasteiger partial charge in [0.1, 0.15) is 29.4 Å². The fourth-order valence-corrected chi connectivity index (χ4v) is 4.73. The Balaban J connectivity index is 2.23. The number of hydrogen-bond donors (Lipinski definition) is 0. The minimum absolute atomic E-state index is 0.00424. The van der Waals surface area contributed by atoms with E-state index in [9.17, 15) is 30.7 Å². The summed E-state index contributed by atoms with van der Waals surface area (Å²) in [7, 11) is 0. The largest absolute Gasteiger partial charge is 0.416 e. The Labute approximate surface area is 191 Å². The maximum atomic E-state index is 14.5. The fraction of sp³-hybridized carbons (Fsp3) is 0.0769. The molecule has 4 rings (SSSR count). The third-order valence-corrected chi connectivity index (χ3v) is 6.03. The topological polar surface area (TPSA) is 0 Å². The minimum Gasteiger partial charge on any atom is -0.207 e. The van der Waals surface area contributed by atoms with Crippen molar-refractivity contribution in [2.75, 3.05) is 0 Å². The van der Waals surface area contributed by atoms with Crippen LogP contribution >= 0.6 is 0 Å². The third-order valence-electron chi connectivity index (χ3n) is 6.03. The molecule has 0 bridgehead atoms. The van der Waals surface area contributed by atoms with E-state index in [-0.39, 0.29) is 16.4 Å². The number of hydrogen-bond acceptors (Lipinski definition) is 0. The Kier molecular flexibility index (Phi) is 6.02. The van der Waals surface area contributed by atoms with Gasteiger partial charge in [-0.15, -0.1) is 0 Å². The summed E-state index contributed by atoms with van der Waals surface area (Å²) < 4.78 is 98.8. The van der Waals surface area contributed by atoms with Gasteiger partial charge < -0.3 is 0 Å². The van der Waals surface area contributed by atoms with E-state index >= 15 is 0 Å². The first kappa shape index (κ1) is 23.6. The quantitative estimate of drug-likeness (QED) is 0.291. The molecule has 0 radical (unpaired) electrons. The first-order valence-corrected chi connectivity index (χ1v) is 10.3. The molecular weight excluding hydrogens is 456 g/mol. The van der Waals surface area contributed by atoms with Crippen LogP contribution in [0.5, 0.6) is 0 Å². The zero-order valence-electron chi connectivity index (χ0n) is 17.8. The number of halogens is 7. The average Bonchev–Trinajstić information content (AvgIpc) is 2.73. The Morgan fingerprint density at radius 2 is 0.971 bits per heavy atom. The SMILES string of the molecule is Cc1cccc([B-](c2cc(F)cc(F)c2)(c2cc(F)cc(F)c2)c2cccc(C(F)(F)F)c2)c1. The summed E-state index contributed by atoms with van der Waals surface area (Å²) >= 11 is 0. The number of alkyl halides is 3. The molecule has 8 heteroatoms. The van der Waals surface area contributed by atoms with Crippen molar-refractivity contribution in [3.8, 4) is 0 Å². The molecule has 0 atom stereocenters. The van der Waals surface area contributed by atoms with Crippen LogP contribution in [0.2, 0.25) is 0 Å². The van der Waals surface area contributed by atoms with Crippen LogP contribution in [0.15, 0.2) is 84.9 Å². The Morgan fingerprint density at radius 1 is 0.529 bits per heavy atom. The third kappa shape index (κ3) is 4.32. The van der Waals surface area contributed by atoms with Gasteiger partial charge >= 0.3 is 6.18 Å². The van der Waals surface area contributed by atoms with Gasteiger partial charge in [-0.25, -0.2) is 17.6 Å². The lowest BCUT2D eigenvalue weighted by atomic mass is 9.13. The van der Waals surface area contributed by atoms with Crippen LogP contribution in [0.3, 0.4) is 0 Å². The zero-order chi connectivity index (χ0) is 24.7. The van der Waals surface area contributed by atoms with Crippen LogP contribution in [-0.2, 0) is 6.18 Å². The molecule has 0 aromatic heterocycles. The van der Waals surface area contributed by atoms with Crippen LogP contribution in [0.4, 0.5) is 30.7 Å². The molecule has 0 saturated carbocycles. The van der Waals surface area contributed by atoms with Gasteiger partial charge in [0.15, 0.2) is 0 Å². The molecular formula is C26H17BF7-. The van der Waals surface area contributed by atoms with Crippen LogP contribution in [0.1, 0.15) is 11.1 Å². The van der Waals surface area contributed by atoms with E-state index in [1.165, 1.54) is 6.07 Å². The van der Waals surface area contributed by atoms with E-state index in [2.05, 4.69) is 0 Å². The van der Waals surface area contributed by atoms with E-state index in [0.717, 1.165) is 42.5 Å². The highest BCUT2D eigenvalue weighted by Gasteiger charge is 2.36. The lowest BCUT2D eigenvalue weighted by molar-refractivity contribution is -0.137. The normalized spacial score (nSPS) is 12.1. The Bertz CT molecular complexity index is 1270. The van der Waals surface area contributed by atoms with E-state index in [4.69, 9.17) is 0 Å². The highest BCUT2D eigenvalue weighted by Crippen LogP contribution is 2.29. The van der Waals surface area contributed by atoms with Crippen LogP contribution in [-0.4, -0.2) is 6.15 Å². The van der Waals surface area contributed by atoms with Gasteiger partial charge in [0, 0.05) is 12.1 Å². The van der Waals surface area contributed by atoms with E-state index < -0.39 is 41.2 Å². The minimum atomic E-state index is -4.72. The van der Waals surface area contributed by atoms with Gasteiger partial charge in [0.25, 0.3) is 0 Å². The molecule has 0 N–H and O–H groups in total. The van der Waals surface area contributed by atoms with Crippen molar-refractivity contribution >= 4 is 28.0 Å². The second kappa shape index (κ2) is 8.67. The smallest absolute Gasteiger partial charge is 0.207 e. The monoisotopic (exact) mass is 473 g/mol. The summed E-state index contributed by atoms with van der Waals surface area (Å²) in [6, 6.07) is 16.0. The van der Waals surface area contributed by atoms with Crippen LogP contribution in [0.25, 0.3) is 0 Å². The van der Waals surface area contributed by atoms with Crippen LogP contribution in [0, 0.1) is 30.2 Å². The molecule has 0 spiro atoms. The van der Waals surface area contributed by atoms with Crippen molar-refractivity contribution in [2.45, 2.75) is 13.1 Å². The van der Waals surface area contributed by atoms with Gasteiger partial charge in [-0.2, -0.15) is 35.0 Å². The highest BCUT2D eigenvalue weighted by molar-refractivity contribution is 7.19. The maximum Gasteiger partial charge on any atom is 0.416 e. The molecule has 4 aromatic rings. The summed E-state index contributed by atoms with van der Waals surface area (Å²) in [4.78, 5) is 0. The standard InChI is InChI=1S/C26H17BF7/c1-16-4-2-6-18(8-16)27(20-10-22(28)14-23(29)11-20,21-12-24(30)15-25(31)13-21)19-7-3-5-17(9-19)26(32,33)34/h2-15H,1H3/q-1. The van der Waals surface area contributed by atoms with Gasteiger partial charge in [0.05, 0.1) is 5.56 Å². The second-order valence-corrected chi connectivity index (χ2v) is 8.31. The van der Waals surface area contributed by atoms with Crippen molar-refractivity contribution in [3.63, 3.8) is 0 Å². The first-order chi connectivity index (χ1) is 16.0. The van der Waals surface area contributed by atoms with Gasteiger partial charge in [-0.05, 0) is 6.92 Å². The van der Waals surface area contributed by atoms with Crippen LogP contribution < -0.4 is 21.9 Å². The lowest BCUT2D eigenvalue weighted by Gasteiger charge is -2.44. The molecule has 0 heterocycles. The highest BCUT2D eigenvalue weighted by atomic mass is 19.4. The number of benzene rings is 4. The molecule has 0 aliphatic carbocycles. The molecule has 0 saturated heterocycles. The lowest BCUT2D eigenvalue weighted by Crippen LogP contribution is -2.75. The molecule has 0 unspecified atom stereocenters. The van der Waals surface area contributed by atoms with Gasteiger partial charge in [-0.3, -0.25) is 0 Å². The molecule has 0 fully saturated rings. The Morgan fingerprint density at radius 3 is 1.41 bits per heavy atom. The summed E-state index contributed by atoms with van der Waals surface area (Å²) in [5, 5.41) is 0.